The normalized spacial score (nSPS) is 14.3. The number of hydrogen-bond acceptors (Lipinski definition) is 2. The lowest BCUT2D eigenvalue weighted by atomic mass is 10.1. The molecule has 0 radical (unpaired) electrons. The van der Waals surface area contributed by atoms with Crippen LogP contribution in [0.2, 0.25) is 5.02 Å². The highest BCUT2D eigenvalue weighted by Crippen LogP contribution is 2.25. The summed E-state index contributed by atoms with van der Waals surface area (Å²) >= 11 is 5.99. The third kappa shape index (κ3) is 1.57. The molecule has 4 heteroatoms. The lowest BCUT2D eigenvalue weighted by Gasteiger charge is -2.15. The van der Waals surface area contributed by atoms with Crippen molar-refractivity contribution in [2.24, 2.45) is 0 Å². The van der Waals surface area contributed by atoms with Crippen molar-refractivity contribution < 1.29 is 0 Å². The van der Waals surface area contributed by atoms with Crippen molar-refractivity contribution >= 4 is 17.3 Å². The number of anilines is 1. The molecule has 0 aliphatic carbocycles. The third-order valence-electron chi connectivity index (χ3n) is 2.83. The molecule has 0 bridgehead atoms. The van der Waals surface area contributed by atoms with E-state index in [4.69, 9.17) is 11.6 Å². The summed E-state index contributed by atoms with van der Waals surface area (Å²) in [6, 6.07) is 7.78. The molecule has 2 heterocycles. The molecule has 1 aromatic heterocycles. The van der Waals surface area contributed by atoms with Gasteiger partial charge in [0.1, 0.15) is 0 Å². The Morgan fingerprint density at radius 3 is 3.19 bits per heavy atom. The number of benzene rings is 1. The second kappa shape index (κ2) is 3.83. The molecule has 0 spiro atoms. The van der Waals surface area contributed by atoms with Gasteiger partial charge in [-0.05, 0) is 31.0 Å². The minimum atomic E-state index is 0.741. The van der Waals surface area contributed by atoms with Crippen molar-refractivity contribution in [3.63, 3.8) is 0 Å². The number of halogens is 1. The van der Waals surface area contributed by atoms with Crippen LogP contribution in [0.25, 0.3) is 5.69 Å². The van der Waals surface area contributed by atoms with Crippen molar-refractivity contribution in [3.8, 4) is 5.69 Å². The predicted octanol–water partition coefficient (Wildman–Crippen LogP) is 2.88. The van der Waals surface area contributed by atoms with Crippen molar-refractivity contribution in [1.82, 2.24) is 9.78 Å². The molecule has 0 unspecified atom stereocenters. The lowest BCUT2D eigenvalue weighted by Crippen LogP contribution is -2.13. The molecular weight excluding hydrogens is 222 g/mol. The van der Waals surface area contributed by atoms with Gasteiger partial charge >= 0.3 is 0 Å². The maximum Gasteiger partial charge on any atom is 0.0763 e. The molecule has 0 amide bonds. The van der Waals surface area contributed by atoms with Crippen LogP contribution in [0.5, 0.6) is 0 Å². The fourth-order valence-electron chi connectivity index (χ4n) is 2.07. The van der Waals surface area contributed by atoms with Crippen LogP contribution in [0.1, 0.15) is 12.1 Å². The van der Waals surface area contributed by atoms with E-state index < -0.39 is 0 Å². The first-order valence-electron chi connectivity index (χ1n) is 5.41. The van der Waals surface area contributed by atoms with Gasteiger partial charge in [0, 0.05) is 11.6 Å². The van der Waals surface area contributed by atoms with E-state index in [0.29, 0.717) is 0 Å². The zero-order chi connectivity index (χ0) is 11.0. The first kappa shape index (κ1) is 9.73. The second-order valence-electron chi connectivity index (χ2n) is 3.93. The van der Waals surface area contributed by atoms with Crippen LogP contribution < -0.4 is 5.32 Å². The van der Waals surface area contributed by atoms with Gasteiger partial charge in [-0.3, -0.25) is 0 Å². The number of hydrogen-bond donors (Lipinski definition) is 1. The number of nitrogens with zero attached hydrogens (tertiary/aromatic N) is 2. The largest absolute Gasteiger partial charge is 0.382 e. The molecule has 1 aliphatic rings. The maximum atomic E-state index is 5.99. The zero-order valence-electron chi connectivity index (χ0n) is 8.78. The number of aromatic nitrogens is 2. The predicted molar refractivity (Wildman–Crippen MR) is 65.4 cm³/mol. The molecule has 0 saturated carbocycles. The topological polar surface area (TPSA) is 29.9 Å². The molecule has 1 N–H and O–H groups in total. The fraction of sp³-hybridized carbons (Fsp3) is 0.250. The average molecular weight is 234 g/mol. The van der Waals surface area contributed by atoms with E-state index in [2.05, 4.69) is 10.4 Å². The third-order valence-corrected chi connectivity index (χ3v) is 3.06. The fourth-order valence-corrected chi connectivity index (χ4v) is 2.26. The summed E-state index contributed by atoms with van der Waals surface area (Å²) in [6.45, 7) is 1.04. The molecular formula is C12H12ClN3. The van der Waals surface area contributed by atoms with Crippen LogP contribution in [-0.4, -0.2) is 16.3 Å². The van der Waals surface area contributed by atoms with E-state index in [-0.39, 0.29) is 0 Å². The van der Waals surface area contributed by atoms with Gasteiger partial charge in [-0.1, -0.05) is 17.7 Å². The maximum absolute atomic E-state index is 5.99. The molecule has 0 saturated heterocycles. The van der Waals surface area contributed by atoms with Gasteiger partial charge in [0.25, 0.3) is 0 Å². The first-order chi connectivity index (χ1) is 7.84. The van der Waals surface area contributed by atoms with Crippen LogP contribution in [0.4, 0.5) is 5.69 Å². The quantitative estimate of drug-likeness (QED) is 0.821. The molecule has 3 nitrogen and oxygen atoms in total. The van der Waals surface area contributed by atoms with E-state index >= 15 is 0 Å². The molecule has 0 atom stereocenters. The van der Waals surface area contributed by atoms with Gasteiger partial charge < -0.3 is 5.32 Å². The highest BCUT2D eigenvalue weighted by Gasteiger charge is 2.15. The van der Waals surface area contributed by atoms with E-state index in [0.717, 1.165) is 35.8 Å². The van der Waals surface area contributed by atoms with Crippen LogP contribution in [0, 0.1) is 0 Å². The Kier molecular flexibility index (Phi) is 2.33. The zero-order valence-corrected chi connectivity index (χ0v) is 9.54. The van der Waals surface area contributed by atoms with Crippen LogP contribution in [0.15, 0.2) is 30.5 Å². The van der Waals surface area contributed by atoms with Crippen molar-refractivity contribution in [3.05, 3.63) is 41.2 Å². The Bertz CT molecular complexity index is 519. The second-order valence-corrected chi connectivity index (χ2v) is 4.36. The van der Waals surface area contributed by atoms with Gasteiger partial charge in [-0.25, -0.2) is 4.68 Å². The minimum absolute atomic E-state index is 0.741. The molecule has 2 aromatic rings. The van der Waals surface area contributed by atoms with Gasteiger partial charge in [0.2, 0.25) is 0 Å². The average Bonchev–Trinajstić information content (AvgIpc) is 2.72. The highest BCUT2D eigenvalue weighted by atomic mass is 35.5. The Balaban J connectivity index is 2.09. The summed E-state index contributed by atoms with van der Waals surface area (Å²) in [4.78, 5) is 0. The summed E-state index contributed by atoms with van der Waals surface area (Å²) in [7, 11) is 0. The van der Waals surface area contributed by atoms with Gasteiger partial charge in [0.05, 0.1) is 23.3 Å². The molecule has 3 rings (SSSR count). The van der Waals surface area contributed by atoms with E-state index in [9.17, 15) is 0 Å². The monoisotopic (exact) mass is 233 g/mol. The Morgan fingerprint density at radius 2 is 2.31 bits per heavy atom. The van der Waals surface area contributed by atoms with Crippen LogP contribution in [0.3, 0.4) is 0 Å². The van der Waals surface area contributed by atoms with E-state index in [1.807, 2.05) is 35.1 Å². The number of nitrogens with one attached hydrogen (secondary N) is 1. The molecule has 0 fully saturated rings. The summed E-state index contributed by atoms with van der Waals surface area (Å²) in [6.07, 6.45) is 4.10. The van der Waals surface area contributed by atoms with Crippen molar-refractivity contribution in [1.29, 1.82) is 0 Å². The standard InChI is InChI=1S/C12H12ClN3/c13-9-3-1-4-10(7-9)16-12-5-2-6-14-11(12)8-15-16/h1,3-4,7-8,14H,2,5-6H2. The van der Waals surface area contributed by atoms with Gasteiger partial charge in [-0.2, -0.15) is 5.10 Å². The van der Waals surface area contributed by atoms with Crippen LogP contribution in [-0.2, 0) is 6.42 Å². The Morgan fingerprint density at radius 1 is 1.38 bits per heavy atom. The van der Waals surface area contributed by atoms with Crippen molar-refractivity contribution in [2.45, 2.75) is 12.8 Å². The molecule has 1 aromatic carbocycles. The highest BCUT2D eigenvalue weighted by molar-refractivity contribution is 6.30. The van der Waals surface area contributed by atoms with Crippen LogP contribution >= 0.6 is 11.6 Å². The molecule has 1 aliphatic heterocycles. The Labute approximate surface area is 99.0 Å². The molecule has 82 valence electrons. The van der Waals surface area contributed by atoms with Crippen molar-refractivity contribution in [2.75, 3.05) is 11.9 Å². The summed E-state index contributed by atoms with van der Waals surface area (Å²) in [5.41, 5.74) is 3.41. The minimum Gasteiger partial charge on any atom is -0.382 e. The summed E-state index contributed by atoms with van der Waals surface area (Å²) in [5, 5.41) is 8.50. The number of rotatable bonds is 1. The number of fused-ring (bicyclic) bond motifs is 1. The molecule has 16 heavy (non-hydrogen) atoms. The lowest BCUT2D eigenvalue weighted by molar-refractivity contribution is 0.743. The van der Waals surface area contributed by atoms with E-state index in [1.54, 1.807) is 0 Å². The van der Waals surface area contributed by atoms with Gasteiger partial charge in [0.15, 0.2) is 0 Å². The Hall–Kier alpha value is -1.48. The summed E-state index contributed by atoms with van der Waals surface area (Å²) < 4.78 is 1.97. The first-order valence-corrected chi connectivity index (χ1v) is 5.79. The SMILES string of the molecule is Clc1cccc(-n2ncc3c2CCCN3)c1. The smallest absolute Gasteiger partial charge is 0.0763 e. The van der Waals surface area contributed by atoms with E-state index in [1.165, 1.54) is 5.69 Å². The summed E-state index contributed by atoms with van der Waals surface area (Å²) in [5.74, 6) is 0. The van der Waals surface area contributed by atoms with Gasteiger partial charge in [-0.15, -0.1) is 0 Å².